The van der Waals surface area contributed by atoms with Crippen molar-refractivity contribution >= 4 is 17.6 Å². The van der Waals surface area contributed by atoms with Crippen LogP contribution < -0.4 is 5.32 Å². The number of hydrogen-bond acceptors (Lipinski definition) is 4. The third-order valence-electron chi connectivity index (χ3n) is 2.13. The van der Waals surface area contributed by atoms with Gasteiger partial charge in [-0.15, -0.1) is 0 Å². The van der Waals surface area contributed by atoms with E-state index in [9.17, 15) is 9.59 Å². The van der Waals surface area contributed by atoms with Crippen molar-refractivity contribution in [1.82, 2.24) is 14.8 Å². The van der Waals surface area contributed by atoms with Crippen LogP contribution in [0, 0.1) is 0 Å². The third-order valence-corrected chi connectivity index (χ3v) is 2.13. The number of nitrogens with one attached hydrogen (secondary N) is 1. The van der Waals surface area contributed by atoms with Crippen LogP contribution in [0.15, 0.2) is 36.8 Å². The van der Waals surface area contributed by atoms with Crippen molar-refractivity contribution < 1.29 is 14.7 Å². The summed E-state index contributed by atoms with van der Waals surface area (Å²) in [7, 11) is 0. The van der Waals surface area contributed by atoms with Crippen LogP contribution in [-0.4, -0.2) is 31.7 Å². The van der Waals surface area contributed by atoms with Crippen LogP contribution in [0.3, 0.4) is 0 Å². The highest BCUT2D eigenvalue weighted by Crippen LogP contribution is 2.08. The lowest BCUT2D eigenvalue weighted by Crippen LogP contribution is -2.19. The largest absolute Gasteiger partial charge is 0.477 e. The fraction of sp³-hybridized carbons (Fsp3) is 0.0909. The van der Waals surface area contributed by atoms with Gasteiger partial charge in [0.05, 0.1) is 0 Å². The molecule has 7 nitrogen and oxygen atoms in total. The van der Waals surface area contributed by atoms with E-state index in [0.29, 0.717) is 5.69 Å². The highest BCUT2D eigenvalue weighted by molar-refractivity contribution is 5.92. The minimum Gasteiger partial charge on any atom is -0.477 e. The molecule has 2 rings (SSSR count). The molecule has 0 bridgehead atoms. The number of carbonyl (C=O) groups is 2. The Balaban J connectivity index is 2.03. The summed E-state index contributed by atoms with van der Waals surface area (Å²) < 4.78 is 1.47. The minimum absolute atomic E-state index is 0.0672. The Kier molecular flexibility index (Phi) is 3.33. The Morgan fingerprint density at radius 3 is 2.89 bits per heavy atom. The molecule has 18 heavy (non-hydrogen) atoms. The number of aromatic carboxylic acids is 1. The number of carboxylic acids is 1. The van der Waals surface area contributed by atoms with E-state index in [2.05, 4.69) is 15.4 Å². The Bertz CT molecular complexity index is 565. The maximum atomic E-state index is 11.6. The van der Waals surface area contributed by atoms with E-state index in [1.807, 2.05) is 0 Å². The molecule has 0 saturated heterocycles. The van der Waals surface area contributed by atoms with Gasteiger partial charge in [0.25, 0.3) is 0 Å². The summed E-state index contributed by atoms with van der Waals surface area (Å²) in [5.41, 5.74) is 0.270. The van der Waals surface area contributed by atoms with E-state index in [-0.39, 0.29) is 18.1 Å². The molecular weight excluding hydrogens is 236 g/mol. The summed E-state index contributed by atoms with van der Waals surface area (Å²) in [6, 6.07) is 4.53. The molecule has 0 aliphatic heterocycles. The first-order valence-electron chi connectivity index (χ1n) is 5.12. The van der Waals surface area contributed by atoms with Crippen LogP contribution in [0.25, 0.3) is 0 Å². The molecule has 2 heterocycles. The molecule has 0 atom stereocenters. The van der Waals surface area contributed by atoms with Gasteiger partial charge in [0.2, 0.25) is 5.91 Å². The van der Waals surface area contributed by atoms with Crippen molar-refractivity contribution in [3.63, 3.8) is 0 Å². The lowest BCUT2D eigenvalue weighted by atomic mass is 10.3. The van der Waals surface area contributed by atoms with Gasteiger partial charge in [0.1, 0.15) is 12.2 Å². The van der Waals surface area contributed by atoms with E-state index in [1.54, 1.807) is 18.5 Å². The second kappa shape index (κ2) is 5.09. The zero-order chi connectivity index (χ0) is 13.0. The van der Waals surface area contributed by atoms with Gasteiger partial charge in [-0.05, 0) is 18.2 Å². The highest BCUT2D eigenvalue weighted by Gasteiger charge is 2.07. The molecule has 0 aliphatic carbocycles. The third kappa shape index (κ3) is 2.91. The van der Waals surface area contributed by atoms with E-state index in [4.69, 9.17) is 5.11 Å². The zero-order valence-corrected chi connectivity index (χ0v) is 9.28. The predicted octanol–water partition coefficient (Wildman–Crippen LogP) is 0.615. The van der Waals surface area contributed by atoms with Crippen molar-refractivity contribution in [3.05, 3.63) is 42.5 Å². The number of hydrogen-bond donors (Lipinski definition) is 2. The first kappa shape index (κ1) is 11.8. The van der Waals surface area contributed by atoms with Crippen molar-refractivity contribution in [3.8, 4) is 0 Å². The number of anilines is 1. The second-order valence-electron chi connectivity index (χ2n) is 3.49. The first-order chi connectivity index (χ1) is 8.65. The number of carbonyl (C=O) groups excluding carboxylic acids is 1. The SMILES string of the molecule is O=C(Cn1cccn1)Nc1ccnc(C(=O)O)c1. The molecule has 0 unspecified atom stereocenters. The Hall–Kier alpha value is -2.70. The topological polar surface area (TPSA) is 97.1 Å². The number of nitrogens with zero attached hydrogens (tertiary/aromatic N) is 3. The lowest BCUT2D eigenvalue weighted by molar-refractivity contribution is -0.116. The molecule has 0 fully saturated rings. The van der Waals surface area contributed by atoms with Crippen LogP contribution in [0.4, 0.5) is 5.69 Å². The summed E-state index contributed by atoms with van der Waals surface area (Å²) in [6.07, 6.45) is 4.56. The summed E-state index contributed by atoms with van der Waals surface area (Å²) in [6.45, 7) is 0.0672. The van der Waals surface area contributed by atoms with Gasteiger partial charge in [-0.25, -0.2) is 9.78 Å². The monoisotopic (exact) mass is 246 g/mol. The average molecular weight is 246 g/mol. The molecule has 2 N–H and O–H groups in total. The number of aromatic nitrogens is 3. The molecule has 7 heteroatoms. The van der Waals surface area contributed by atoms with Gasteiger partial charge in [-0.2, -0.15) is 5.10 Å². The Labute approximate surface area is 102 Å². The van der Waals surface area contributed by atoms with E-state index in [0.717, 1.165) is 0 Å². The molecule has 0 spiro atoms. The normalized spacial score (nSPS) is 10.0. The summed E-state index contributed by atoms with van der Waals surface area (Å²) in [5.74, 6) is -1.43. The quantitative estimate of drug-likeness (QED) is 0.824. The average Bonchev–Trinajstić information content (AvgIpc) is 2.82. The summed E-state index contributed by atoms with van der Waals surface area (Å²) >= 11 is 0. The van der Waals surface area contributed by atoms with Gasteiger partial charge in [0.15, 0.2) is 0 Å². The maximum Gasteiger partial charge on any atom is 0.354 e. The van der Waals surface area contributed by atoms with Gasteiger partial charge in [-0.3, -0.25) is 9.48 Å². The smallest absolute Gasteiger partial charge is 0.354 e. The standard InChI is InChI=1S/C11H10N4O3/c16-10(7-15-5-1-3-13-15)14-8-2-4-12-9(6-8)11(17)18/h1-6H,7H2,(H,17,18)(H,12,14,16). The number of carboxylic acid groups (broad SMARTS) is 1. The van der Waals surface area contributed by atoms with Crippen molar-refractivity contribution in [1.29, 1.82) is 0 Å². The summed E-state index contributed by atoms with van der Waals surface area (Å²) in [4.78, 5) is 26.0. The molecule has 0 aliphatic rings. The second-order valence-corrected chi connectivity index (χ2v) is 3.49. The fourth-order valence-electron chi connectivity index (χ4n) is 1.37. The number of pyridine rings is 1. The Morgan fingerprint density at radius 2 is 2.22 bits per heavy atom. The van der Waals surface area contributed by atoms with Gasteiger partial charge >= 0.3 is 5.97 Å². The molecule has 0 saturated carbocycles. The summed E-state index contributed by atoms with van der Waals surface area (Å²) in [5, 5.41) is 15.2. The Morgan fingerprint density at radius 1 is 1.39 bits per heavy atom. The van der Waals surface area contributed by atoms with E-state index in [1.165, 1.54) is 23.0 Å². The van der Waals surface area contributed by atoms with E-state index < -0.39 is 5.97 Å². The van der Waals surface area contributed by atoms with Crippen LogP contribution in [-0.2, 0) is 11.3 Å². The molecule has 92 valence electrons. The number of rotatable bonds is 4. The molecule has 1 amide bonds. The van der Waals surface area contributed by atoms with Crippen molar-refractivity contribution in [2.75, 3.05) is 5.32 Å². The first-order valence-corrected chi connectivity index (χ1v) is 5.12. The van der Waals surface area contributed by atoms with E-state index >= 15 is 0 Å². The minimum atomic E-state index is -1.14. The molecule has 0 aromatic carbocycles. The van der Waals surface area contributed by atoms with Gasteiger partial charge in [0, 0.05) is 24.3 Å². The van der Waals surface area contributed by atoms with Crippen LogP contribution in [0.1, 0.15) is 10.5 Å². The van der Waals surface area contributed by atoms with Crippen molar-refractivity contribution in [2.45, 2.75) is 6.54 Å². The van der Waals surface area contributed by atoms with Crippen LogP contribution >= 0.6 is 0 Å². The van der Waals surface area contributed by atoms with Crippen LogP contribution in [0.5, 0.6) is 0 Å². The lowest BCUT2D eigenvalue weighted by Gasteiger charge is -2.05. The zero-order valence-electron chi connectivity index (χ0n) is 9.28. The predicted molar refractivity (Wildman–Crippen MR) is 62.1 cm³/mol. The molecule has 0 radical (unpaired) electrons. The maximum absolute atomic E-state index is 11.6. The molecule has 2 aromatic rings. The van der Waals surface area contributed by atoms with Gasteiger partial charge in [-0.1, -0.05) is 0 Å². The molecular formula is C11H10N4O3. The van der Waals surface area contributed by atoms with Crippen LogP contribution in [0.2, 0.25) is 0 Å². The fourth-order valence-corrected chi connectivity index (χ4v) is 1.37. The number of amides is 1. The van der Waals surface area contributed by atoms with Crippen molar-refractivity contribution in [2.24, 2.45) is 0 Å². The van der Waals surface area contributed by atoms with Gasteiger partial charge < -0.3 is 10.4 Å². The highest BCUT2D eigenvalue weighted by atomic mass is 16.4. The molecule has 2 aromatic heterocycles.